The molecule has 1 aliphatic rings. The van der Waals surface area contributed by atoms with E-state index in [1.807, 2.05) is 10.8 Å². The molecule has 3 N–H and O–H groups in total. The minimum atomic E-state index is -0.356. The van der Waals surface area contributed by atoms with Crippen LogP contribution in [0.15, 0.2) is 18.7 Å². The van der Waals surface area contributed by atoms with Crippen LogP contribution in [0.3, 0.4) is 0 Å². The molecule has 0 saturated heterocycles. The summed E-state index contributed by atoms with van der Waals surface area (Å²) in [6.45, 7) is 1.34. The molecule has 0 bridgehead atoms. The number of carbonyl (C=O) groups is 1. The molecule has 1 amide bonds. The van der Waals surface area contributed by atoms with Crippen molar-refractivity contribution in [2.24, 2.45) is 11.7 Å². The number of nitrogens with two attached hydrogens (primary N) is 1. The summed E-state index contributed by atoms with van der Waals surface area (Å²) in [7, 11) is 0. The SMILES string of the molecule is NC(CC1CCCCC1)C(=O)NCCn1ccnc1. The van der Waals surface area contributed by atoms with Crippen molar-refractivity contribution in [1.82, 2.24) is 14.9 Å². The molecule has 0 spiro atoms. The highest BCUT2D eigenvalue weighted by atomic mass is 16.2. The normalized spacial score (nSPS) is 18.2. The highest BCUT2D eigenvalue weighted by Crippen LogP contribution is 2.26. The van der Waals surface area contributed by atoms with Crippen molar-refractivity contribution < 1.29 is 4.79 Å². The summed E-state index contributed by atoms with van der Waals surface area (Å²) in [6, 6.07) is -0.356. The van der Waals surface area contributed by atoms with E-state index < -0.39 is 0 Å². The van der Waals surface area contributed by atoms with Gasteiger partial charge in [0, 0.05) is 25.5 Å². The summed E-state index contributed by atoms with van der Waals surface area (Å²) in [6.07, 6.45) is 12.6. The molecule has 1 aromatic rings. The lowest BCUT2D eigenvalue weighted by Crippen LogP contribution is -2.42. The van der Waals surface area contributed by atoms with Gasteiger partial charge in [0.25, 0.3) is 0 Å². The van der Waals surface area contributed by atoms with Gasteiger partial charge in [-0.2, -0.15) is 0 Å². The number of nitrogens with one attached hydrogen (secondary N) is 1. The summed E-state index contributed by atoms with van der Waals surface area (Å²) in [5.41, 5.74) is 5.98. The van der Waals surface area contributed by atoms with Crippen LogP contribution in [0.2, 0.25) is 0 Å². The van der Waals surface area contributed by atoms with E-state index in [0.29, 0.717) is 12.5 Å². The second-order valence-electron chi connectivity index (χ2n) is 5.44. The Morgan fingerprint density at radius 1 is 1.42 bits per heavy atom. The molecule has 1 aromatic heterocycles. The van der Waals surface area contributed by atoms with Gasteiger partial charge >= 0.3 is 0 Å². The number of imidazole rings is 1. The van der Waals surface area contributed by atoms with Crippen molar-refractivity contribution in [2.45, 2.75) is 51.1 Å². The van der Waals surface area contributed by atoms with E-state index in [-0.39, 0.29) is 11.9 Å². The summed E-state index contributed by atoms with van der Waals surface area (Å²) in [4.78, 5) is 15.8. The van der Waals surface area contributed by atoms with Crippen molar-refractivity contribution in [3.63, 3.8) is 0 Å². The van der Waals surface area contributed by atoms with Gasteiger partial charge in [0.1, 0.15) is 0 Å². The second kappa shape index (κ2) is 7.28. The molecule has 1 unspecified atom stereocenters. The fraction of sp³-hybridized carbons (Fsp3) is 0.714. The largest absolute Gasteiger partial charge is 0.353 e. The number of nitrogens with zero attached hydrogens (tertiary/aromatic N) is 2. The molecule has 1 fully saturated rings. The van der Waals surface area contributed by atoms with Gasteiger partial charge in [-0.25, -0.2) is 4.98 Å². The van der Waals surface area contributed by atoms with Gasteiger partial charge in [-0.1, -0.05) is 32.1 Å². The minimum Gasteiger partial charge on any atom is -0.353 e. The van der Waals surface area contributed by atoms with E-state index in [1.54, 1.807) is 12.5 Å². The zero-order valence-electron chi connectivity index (χ0n) is 11.4. The van der Waals surface area contributed by atoms with Gasteiger partial charge in [-0.3, -0.25) is 4.79 Å². The van der Waals surface area contributed by atoms with Crippen LogP contribution in [0.1, 0.15) is 38.5 Å². The molecule has 5 nitrogen and oxygen atoms in total. The Balaban J connectivity index is 1.64. The summed E-state index contributed by atoms with van der Waals surface area (Å²) >= 11 is 0. The van der Waals surface area contributed by atoms with Crippen LogP contribution in [0, 0.1) is 5.92 Å². The average molecular weight is 264 g/mol. The Morgan fingerprint density at radius 2 is 2.21 bits per heavy atom. The molecule has 1 aliphatic carbocycles. The van der Waals surface area contributed by atoms with Crippen molar-refractivity contribution in [3.05, 3.63) is 18.7 Å². The first kappa shape index (κ1) is 14.1. The van der Waals surface area contributed by atoms with Crippen molar-refractivity contribution in [1.29, 1.82) is 0 Å². The highest BCUT2D eigenvalue weighted by molar-refractivity contribution is 5.81. The molecule has 0 aliphatic heterocycles. The van der Waals surface area contributed by atoms with Crippen molar-refractivity contribution >= 4 is 5.91 Å². The van der Waals surface area contributed by atoms with Gasteiger partial charge in [-0.15, -0.1) is 0 Å². The zero-order valence-corrected chi connectivity index (χ0v) is 11.4. The molecule has 0 aromatic carbocycles. The van der Waals surface area contributed by atoms with E-state index in [0.717, 1.165) is 13.0 Å². The first-order valence-corrected chi connectivity index (χ1v) is 7.25. The monoisotopic (exact) mass is 264 g/mol. The predicted molar refractivity (Wildman–Crippen MR) is 74.4 cm³/mol. The first-order chi connectivity index (χ1) is 9.25. The van der Waals surface area contributed by atoms with Crippen molar-refractivity contribution in [3.8, 4) is 0 Å². The Kier molecular flexibility index (Phi) is 5.39. The number of aromatic nitrogens is 2. The molecule has 2 rings (SSSR count). The average Bonchev–Trinajstić information content (AvgIpc) is 2.93. The number of rotatable bonds is 6. The van der Waals surface area contributed by atoms with Gasteiger partial charge in [-0.05, 0) is 12.3 Å². The second-order valence-corrected chi connectivity index (χ2v) is 5.44. The van der Waals surface area contributed by atoms with E-state index in [2.05, 4.69) is 10.3 Å². The first-order valence-electron chi connectivity index (χ1n) is 7.25. The number of carbonyl (C=O) groups excluding carboxylic acids is 1. The predicted octanol–water partition coefficient (Wildman–Crippen LogP) is 1.30. The van der Waals surface area contributed by atoms with Crippen LogP contribution in [-0.4, -0.2) is 28.0 Å². The van der Waals surface area contributed by atoms with Crippen molar-refractivity contribution in [2.75, 3.05) is 6.54 Å². The van der Waals surface area contributed by atoms with E-state index in [4.69, 9.17) is 5.73 Å². The maximum atomic E-state index is 11.9. The molecular weight excluding hydrogens is 240 g/mol. The van der Waals surface area contributed by atoms with Gasteiger partial charge in [0.2, 0.25) is 5.91 Å². The summed E-state index contributed by atoms with van der Waals surface area (Å²) in [5.74, 6) is 0.619. The Bertz CT molecular complexity index is 371. The lowest BCUT2D eigenvalue weighted by Gasteiger charge is -2.24. The molecular formula is C14H24N4O. The standard InChI is InChI=1S/C14H24N4O/c15-13(10-12-4-2-1-3-5-12)14(19)17-7-9-18-8-6-16-11-18/h6,8,11-13H,1-5,7,9-10,15H2,(H,17,19). The third-order valence-electron chi connectivity index (χ3n) is 3.88. The molecule has 1 saturated carbocycles. The van der Waals surface area contributed by atoms with Crippen LogP contribution in [-0.2, 0) is 11.3 Å². The number of hydrogen-bond donors (Lipinski definition) is 2. The van der Waals surface area contributed by atoms with E-state index in [9.17, 15) is 4.79 Å². The highest BCUT2D eigenvalue weighted by Gasteiger charge is 2.20. The quantitative estimate of drug-likeness (QED) is 0.813. The van der Waals surface area contributed by atoms with E-state index >= 15 is 0 Å². The molecule has 1 heterocycles. The van der Waals surface area contributed by atoms with Gasteiger partial charge in [0.05, 0.1) is 12.4 Å². The number of hydrogen-bond acceptors (Lipinski definition) is 3. The molecule has 0 radical (unpaired) electrons. The fourth-order valence-corrected chi connectivity index (χ4v) is 2.75. The third-order valence-corrected chi connectivity index (χ3v) is 3.88. The van der Waals surface area contributed by atoms with E-state index in [1.165, 1.54) is 32.1 Å². The third kappa shape index (κ3) is 4.67. The lowest BCUT2D eigenvalue weighted by atomic mass is 9.85. The van der Waals surface area contributed by atoms with Crippen LogP contribution >= 0.6 is 0 Å². The fourth-order valence-electron chi connectivity index (χ4n) is 2.75. The topological polar surface area (TPSA) is 72.9 Å². The lowest BCUT2D eigenvalue weighted by molar-refractivity contribution is -0.122. The molecule has 19 heavy (non-hydrogen) atoms. The van der Waals surface area contributed by atoms with Crippen LogP contribution in [0.5, 0.6) is 0 Å². The Hall–Kier alpha value is -1.36. The summed E-state index contributed by atoms with van der Waals surface area (Å²) in [5, 5.41) is 2.90. The Morgan fingerprint density at radius 3 is 2.89 bits per heavy atom. The number of amides is 1. The van der Waals surface area contributed by atoms with Gasteiger partial charge < -0.3 is 15.6 Å². The maximum Gasteiger partial charge on any atom is 0.236 e. The van der Waals surface area contributed by atoms with Crippen LogP contribution in [0.4, 0.5) is 0 Å². The molecule has 1 atom stereocenters. The van der Waals surface area contributed by atoms with Crippen LogP contribution < -0.4 is 11.1 Å². The smallest absolute Gasteiger partial charge is 0.236 e. The Labute approximate surface area is 114 Å². The molecule has 5 heteroatoms. The molecule has 106 valence electrons. The maximum absolute atomic E-state index is 11.9. The van der Waals surface area contributed by atoms with Crippen LogP contribution in [0.25, 0.3) is 0 Å². The summed E-state index contributed by atoms with van der Waals surface area (Å²) < 4.78 is 1.94. The minimum absolute atomic E-state index is 0.0225. The van der Waals surface area contributed by atoms with Gasteiger partial charge in [0.15, 0.2) is 0 Å². The zero-order chi connectivity index (χ0) is 13.5.